The highest BCUT2D eigenvalue weighted by Gasteiger charge is 2.26. The summed E-state index contributed by atoms with van der Waals surface area (Å²) in [4.78, 5) is 14.6. The SMILES string of the molecule is CN(C)Cc1ccc([SH](N)(=O)NC(=O)Nc2c3c(cc4c2CCC4)CCC3)cc1F. The molecule has 2 aliphatic rings. The molecule has 8 heteroatoms. The lowest BCUT2D eigenvalue weighted by atomic mass is 9.99. The van der Waals surface area contributed by atoms with Gasteiger partial charge in [-0.15, -0.1) is 0 Å². The average Bonchev–Trinajstić information content (AvgIpc) is 3.31. The molecule has 2 aromatic rings. The van der Waals surface area contributed by atoms with Crippen LogP contribution in [-0.4, -0.2) is 29.2 Å². The number of thiol groups is 1. The zero-order chi connectivity index (χ0) is 21.5. The number of carbonyl (C=O) groups is 1. The van der Waals surface area contributed by atoms with E-state index in [-0.39, 0.29) is 4.90 Å². The van der Waals surface area contributed by atoms with Crippen molar-refractivity contribution in [3.8, 4) is 0 Å². The first-order chi connectivity index (χ1) is 14.2. The number of rotatable bonds is 5. The molecule has 2 aliphatic carbocycles. The number of halogens is 1. The van der Waals surface area contributed by atoms with Gasteiger partial charge in [-0.3, -0.25) is 9.86 Å². The third kappa shape index (κ3) is 4.12. The van der Waals surface area contributed by atoms with Gasteiger partial charge in [0.2, 0.25) is 0 Å². The lowest BCUT2D eigenvalue weighted by Gasteiger charge is -2.23. The Morgan fingerprint density at radius 2 is 1.73 bits per heavy atom. The highest BCUT2D eigenvalue weighted by molar-refractivity contribution is 7.99. The second-order valence-corrected chi connectivity index (χ2v) is 10.5. The monoisotopic (exact) mass is 432 g/mol. The van der Waals surface area contributed by atoms with Gasteiger partial charge in [0, 0.05) is 33.0 Å². The summed E-state index contributed by atoms with van der Waals surface area (Å²) in [5, 5.41) is 8.86. The van der Waals surface area contributed by atoms with Gasteiger partial charge in [0.05, 0.1) is 0 Å². The topological polar surface area (TPSA) is 87.5 Å². The van der Waals surface area contributed by atoms with Crippen LogP contribution in [0.5, 0.6) is 0 Å². The second kappa shape index (κ2) is 8.09. The van der Waals surface area contributed by atoms with Crippen LogP contribution in [0, 0.1) is 5.82 Å². The molecule has 6 nitrogen and oxygen atoms in total. The number of nitrogens with zero attached hydrogens (tertiary/aromatic N) is 1. The van der Waals surface area contributed by atoms with Crippen LogP contribution in [-0.2, 0) is 42.5 Å². The van der Waals surface area contributed by atoms with Crippen LogP contribution >= 0.6 is 0 Å². The van der Waals surface area contributed by atoms with Gasteiger partial charge in [0.15, 0.2) is 0 Å². The number of fused-ring (bicyclic) bond motifs is 2. The molecule has 0 spiro atoms. The van der Waals surface area contributed by atoms with E-state index in [1.807, 2.05) is 19.0 Å². The smallest absolute Gasteiger partial charge is 0.307 e. The van der Waals surface area contributed by atoms with E-state index in [1.165, 1.54) is 28.3 Å². The van der Waals surface area contributed by atoms with Crippen LogP contribution in [0.4, 0.5) is 14.9 Å². The largest absolute Gasteiger partial charge is 0.330 e. The lowest BCUT2D eigenvalue weighted by Crippen LogP contribution is -2.45. The molecule has 30 heavy (non-hydrogen) atoms. The van der Waals surface area contributed by atoms with Gasteiger partial charge in [0.1, 0.15) is 5.82 Å². The van der Waals surface area contributed by atoms with E-state index in [0.29, 0.717) is 12.1 Å². The predicted octanol–water partition coefficient (Wildman–Crippen LogP) is 2.85. The predicted molar refractivity (Wildman–Crippen MR) is 118 cm³/mol. The van der Waals surface area contributed by atoms with Crippen molar-refractivity contribution in [3.05, 3.63) is 57.9 Å². The molecule has 0 unspecified atom stereocenters. The Morgan fingerprint density at radius 1 is 1.10 bits per heavy atom. The fourth-order valence-corrected chi connectivity index (χ4v) is 5.62. The van der Waals surface area contributed by atoms with E-state index in [9.17, 15) is 13.4 Å². The number of nitrogens with one attached hydrogen (secondary N) is 2. The molecular formula is C22H29FN4O2S. The van der Waals surface area contributed by atoms with Crippen molar-refractivity contribution in [2.24, 2.45) is 5.14 Å². The first kappa shape index (κ1) is 21.0. The van der Waals surface area contributed by atoms with Crippen molar-refractivity contribution >= 4 is 22.0 Å². The van der Waals surface area contributed by atoms with Crippen molar-refractivity contribution < 1.29 is 13.4 Å². The Balaban J connectivity index is 1.54. The molecule has 0 saturated carbocycles. The maximum atomic E-state index is 14.4. The van der Waals surface area contributed by atoms with E-state index in [0.717, 1.165) is 50.3 Å². The van der Waals surface area contributed by atoms with Crippen molar-refractivity contribution in [1.82, 2.24) is 9.62 Å². The van der Waals surface area contributed by atoms with Crippen molar-refractivity contribution in [3.63, 3.8) is 0 Å². The summed E-state index contributed by atoms with van der Waals surface area (Å²) in [6.45, 7) is 0.416. The first-order valence-electron chi connectivity index (χ1n) is 10.3. The summed E-state index contributed by atoms with van der Waals surface area (Å²) in [5.74, 6) is -0.493. The van der Waals surface area contributed by atoms with Crippen LogP contribution in [0.1, 0.15) is 40.7 Å². The molecule has 0 heterocycles. The first-order valence-corrected chi connectivity index (χ1v) is 12.1. The summed E-state index contributed by atoms with van der Waals surface area (Å²) >= 11 is 0. The molecule has 0 aliphatic heterocycles. The highest BCUT2D eigenvalue weighted by atomic mass is 32.3. The molecule has 4 N–H and O–H groups in total. The number of amides is 2. The number of hydrogen-bond acceptors (Lipinski definition) is 3. The number of anilines is 1. The minimum absolute atomic E-state index is 0.0844. The van der Waals surface area contributed by atoms with Gasteiger partial charge in [-0.25, -0.2) is 13.4 Å². The standard InChI is InChI=1S/C22H29FN4O2S/c1-27(2)13-16-9-10-17(12-20(16)23)30(24,29)26-22(28)25-21-18-7-3-5-14(18)11-15-6-4-8-19(15)21/h9-12,30H,3-8,13H2,1-2H3,(H4,24,25,26,28,29). The van der Waals surface area contributed by atoms with Gasteiger partial charge in [-0.05, 0) is 87.0 Å². The molecule has 0 atom stereocenters. The normalized spacial score (nSPS) is 15.8. The van der Waals surface area contributed by atoms with Crippen LogP contribution in [0.25, 0.3) is 0 Å². The molecule has 0 radical (unpaired) electrons. The van der Waals surface area contributed by atoms with Gasteiger partial charge in [-0.1, -0.05) is 12.1 Å². The molecule has 4 rings (SSSR count). The van der Waals surface area contributed by atoms with Crippen LogP contribution in [0.15, 0.2) is 29.2 Å². The maximum Gasteiger partial charge on any atom is 0.330 e. The Labute approximate surface area is 177 Å². The highest BCUT2D eigenvalue weighted by Crippen LogP contribution is 2.38. The molecule has 2 aromatic carbocycles. The van der Waals surface area contributed by atoms with E-state index in [4.69, 9.17) is 5.14 Å². The van der Waals surface area contributed by atoms with Crippen LogP contribution in [0.3, 0.4) is 0 Å². The molecule has 0 bridgehead atoms. The number of nitrogens with two attached hydrogens (primary N) is 1. The summed E-state index contributed by atoms with van der Waals surface area (Å²) in [6.07, 6.45) is 6.04. The summed E-state index contributed by atoms with van der Waals surface area (Å²) in [7, 11) is -0.0993. The van der Waals surface area contributed by atoms with E-state index < -0.39 is 22.2 Å². The molecule has 0 fully saturated rings. The fourth-order valence-electron chi connectivity index (χ4n) is 4.54. The van der Waals surface area contributed by atoms with Gasteiger partial charge in [0.25, 0.3) is 0 Å². The van der Waals surface area contributed by atoms with Gasteiger partial charge in [-0.2, -0.15) is 0 Å². The maximum absolute atomic E-state index is 14.4. The zero-order valence-electron chi connectivity index (χ0n) is 17.4. The van der Waals surface area contributed by atoms with Crippen LogP contribution in [0.2, 0.25) is 0 Å². The zero-order valence-corrected chi connectivity index (χ0v) is 18.3. The van der Waals surface area contributed by atoms with Gasteiger partial charge >= 0.3 is 6.03 Å². The summed E-state index contributed by atoms with van der Waals surface area (Å²) in [6, 6.07) is 5.88. The van der Waals surface area contributed by atoms with Gasteiger partial charge < -0.3 is 10.2 Å². The summed E-state index contributed by atoms with van der Waals surface area (Å²) in [5.41, 5.74) is 6.26. The molecular weight excluding hydrogens is 403 g/mol. The Bertz CT molecular complexity index is 1020. The third-order valence-electron chi connectivity index (χ3n) is 5.89. The third-order valence-corrected chi connectivity index (χ3v) is 7.47. The Kier molecular flexibility index (Phi) is 5.65. The lowest BCUT2D eigenvalue weighted by molar-refractivity contribution is 0.256. The molecule has 162 valence electrons. The number of hydrogen-bond donors (Lipinski definition) is 4. The minimum atomic E-state index is -3.77. The van der Waals surface area contributed by atoms with E-state index in [2.05, 4.69) is 16.1 Å². The second-order valence-electron chi connectivity index (χ2n) is 8.47. The molecule has 2 amide bonds. The van der Waals surface area contributed by atoms with Crippen LogP contribution < -0.4 is 15.2 Å². The summed E-state index contributed by atoms with van der Waals surface area (Å²) < 4.78 is 29.8. The fraction of sp³-hybridized carbons (Fsp3) is 0.409. The van der Waals surface area contributed by atoms with Crippen molar-refractivity contribution in [1.29, 1.82) is 0 Å². The van der Waals surface area contributed by atoms with E-state index >= 15 is 0 Å². The van der Waals surface area contributed by atoms with E-state index in [1.54, 1.807) is 6.07 Å². The Morgan fingerprint density at radius 3 is 2.30 bits per heavy atom. The molecule has 0 saturated heterocycles. The number of benzene rings is 2. The number of aryl methyl sites for hydroxylation is 2. The quantitative estimate of drug-likeness (QED) is 0.548. The van der Waals surface area contributed by atoms with Crippen molar-refractivity contribution in [2.75, 3.05) is 19.4 Å². The molecule has 0 aromatic heterocycles. The average molecular weight is 433 g/mol. The number of urea groups is 1. The van der Waals surface area contributed by atoms with Crippen molar-refractivity contribution in [2.45, 2.75) is 50.0 Å². The Hall–Kier alpha value is -2.29. The minimum Gasteiger partial charge on any atom is -0.307 e. The number of carbonyl (C=O) groups excluding carboxylic acids is 1.